The number of hydrogen-bond donors (Lipinski definition) is 1. The number of nitrogens with one attached hydrogen (secondary N) is 1. The average molecular weight is 418 g/mol. The van der Waals surface area contributed by atoms with Crippen LogP contribution < -0.4 is 4.72 Å². The van der Waals surface area contributed by atoms with Gasteiger partial charge in [0.1, 0.15) is 5.82 Å². The Kier molecular flexibility index (Phi) is 5.35. The Morgan fingerprint density at radius 3 is 2.32 bits per heavy atom. The lowest BCUT2D eigenvalue weighted by atomic mass is 10.00. The maximum atomic E-state index is 12.7. The zero-order valence-electron chi connectivity index (χ0n) is 15.0. The van der Waals surface area contributed by atoms with Crippen molar-refractivity contribution in [3.63, 3.8) is 0 Å². The molecule has 9 heteroatoms. The summed E-state index contributed by atoms with van der Waals surface area (Å²) in [5, 5.41) is 11.2. The highest BCUT2D eigenvalue weighted by molar-refractivity contribution is 7.92. The van der Waals surface area contributed by atoms with Crippen molar-refractivity contribution in [2.75, 3.05) is 4.72 Å². The number of aryl methyl sites for hydroxylation is 2. The van der Waals surface area contributed by atoms with Crippen LogP contribution in [0.4, 0.5) is 11.5 Å². The minimum atomic E-state index is -4.08. The van der Waals surface area contributed by atoms with Crippen molar-refractivity contribution in [2.45, 2.75) is 18.7 Å². The molecule has 2 aromatic carbocycles. The standard InChI is InChI=1S/C19H16ClN3O4S/c1-12-5-3-6-13(2)19(12)17-9-14(20)10-18(21-17)22-28(26,27)16-8-4-7-15(11-16)23(24)25/h3-11H,1-2H3,(H,21,22). The molecule has 0 fully saturated rings. The van der Waals surface area contributed by atoms with Crippen molar-refractivity contribution in [3.8, 4) is 11.3 Å². The summed E-state index contributed by atoms with van der Waals surface area (Å²) in [6.07, 6.45) is 0. The molecule has 0 saturated carbocycles. The van der Waals surface area contributed by atoms with Gasteiger partial charge >= 0.3 is 0 Å². The van der Waals surface area contributed by atoms with Gasteiger partial charge in [0.25, 0.3) is 15.7 Å². The molecule has 0 saturated heterocycles. The first kappa shape index (κ1) is 19.8. The van der Waals surface area contributed by atoms with Crippen molar-refractivity contribution in [1.29, 1.82) is 0 Å². The lowest BCUT2D eigenvalue weighted by Gasteiger charge is -2.12. The molecule has 28 heavy (non-hydrogen) atoms. The third kappa shape index (κ3) is 4.13. The molecule has 0 radical (unpaired) electrons. The molecule has 0 bridgehead atoms. The molecule has 0 spiro atoms. The highest BCUT2D eigenvalue weighted by atomic mass is 35.5. The summed E-state index contributed by atoms with van der Waals surface area (Å²) < 4.78 is 27.6. The summed E-state index contributed by atoms with van der Waals surface area (Å²) in [4.78, 5) is 14.4. The van der Waals surface area contributed by atoms with E-state index in [1.54, 1.807) is 6.07 Å². The van der Waals surface area contributed by atoms with Gasteiger partial charge in [-0.05, 0) is 37.1 Å². The first-order chi connectivity index (χ1) is 13.2. The zero-order valence-corrected chi connectivity index (χ0v) is 16.6. The molecule has 0 aliphatic heterocycles. The lowest BCUT2D eigenvalue weighted by Crippen LogP contribution is -2.14. The Hall–Kier alpha value is -2.97. The van der Waals surface area contributed by atoms with E-state index in [4.69, 9.17) is 11.6 Å². The fourth-order valence-electron chi connectivity index (χ4n) is 2.86. The van der Waals surface area contributed by atoms with Crippen molar-refractivity contribution in [3.05, 3.63) is 80.9 Å². The van der Waals surface area contributed by atoms with Crippen LogP contribution in [0.1, 0.15) is 11.1 Å². The molecular formula is C19H16ClN3O4S. The summed E-state index contributed by atoms with van der Waals surface area (Å²) >= 11 is 6.18. The summed E-state index contributed by atoms with van der Waals surface area (Å²) in [6.45, 7) is 3.86. The maximum absolute atomic E-state index is 12.7. The normalized spacial score (nSPS) is 11.2. The molecule has 0 unspecified atom stereocenters. The van der Waals surface area contributed by atoms with Crippen molar-refractivity contribution >= 4 is 33.1 Å². The molecule has 3 rings (SSSR count). The Morgan fingerprint density at radius 2 is 1.68 bits per heavy atom. The molecule has 0 atom stereocenters. The van der Waals surface area contributed by atoms with E-state index in [-0.39, 0.29) is 16.4 Å². The van der Waals surface area contributed by atoms with E-state index in [1.807, 2.05) is 32.0 Å². The van der Waals surface area contributed by atoms with Gasteiger partial charge in [-0.25, -0.2) is 13.4 Å². The van der Waals surface area contributed by atoms with Crippen LogP contribution in [-0.4, -0.2) is 18.3 Å². The van der Waals surface area contributed by atoms with Gasteiger partial charge in [-0.15, -0.1) is 0 Å². The van der Waals surface area contributed by atoms with Crippen LogP contribution in [0.5, 0.6) is 0 Å². The zero-order chi connectivity index (χ0) is 20.5. The van der Waals surface area contributed by atoms with Crippen LogP contribution in [0.3, 0.4) is 0 Å². The van der Waals surface area contributed by atoms with Crippen LogP contribution in [0, 0.1) is 24.0 Å². The number of pyridine rings is 1. The van der Waals surface area contributed by atoms with Gasteiger partial charge in [-0.3, -0.25) is 14.8 Å². The molecule has 1 N–H and O–H groups in total. The van der Waals surface area contributed by atoms with E-state index >= 15 is 0 Å². The number of aromatic nitrogens is 1. The minimum Gasteiger partial charge on any atom is -0.263 e. The fraction of sp³-hybridized carbons (Fsp3) is 0.105. The van der Waals surface area contributed by atoms with Crippen LogP contribution in [-0.2, 0) is 10.0 Å². The summed E-state index contributed by atoms with van der Waals surface area (Å²) in [5.74, 6) is 0.0247. The van der Waals surface area contributed by atoms with Gasteiger partial charge in [-0.1, -0.05) is 35.9 Å². The molecule has 3 aromatic rings. The van der Waals surface area contributed by atoms with Crippen molar-refractivity contribution < 1.29 is 13.3 Å². The van der Waals surface area contributed by atoms with Crippen LogP contribution in [0.15, 0.2) is 59.5 Å². The number of rotatable bonds is 5. The summed E-state index contributed by atoms with van der Waals surface area (Å²) in [5.41, 5.74) is 3.02. The highest BCUT2D eigenvalue weighted by Gasteiger charge is 2.19. The first-order valence-corrected chi connectivity index (χ1v) is 10.0. The second-order valence-electron chi connectivity index (χ2n) is 6.18. The first-order valence-electron chi connectivity index (χ1n) is 8.19. The van der Waals surface area contributed by atoms with Crippen LogP contribution >= 0.6 is 11.6 Å². The van der Waals surface area contributed by atoms with E-state index in [1.165, 1.54) is 24.3 Å². The quantitative estimate of drug-likeness (QED) is 0.477. The van der Waals surface area contributed by atoms with E-state index in [2.05, 4.69) is 9.71 Å². The maximum Gasteiger partial charge on any atom is 0.270 e. The predicted octanol–water partition coefficient (Wildman–Crippen LogP) is 4.73. The van der Waals surface area contributed by atoms with Gasteiger partial charge in [-0.2, -0.15) is 0 Å². The second-order valence-corrected chi connectivity index (χ2v) is 8.30. The molecule has 0 aliphatic rings. The Balaban J connectivity index is 2.02. The van der Waals surface area contributed by atoms with Gasteiger partial charge in [0.05, 0.1) is 15.5 Å². The number of hydrogen-bond acceptors (Lipinski definition) is 5. The Labute approximate surface area is 167 Å². The summed E-state index contributed by atoms with van der Waals surface area (Å²) in [6, 6.07) is 13.6. The van der Waals surface area contributed by atoms with Gasteiger partial charge in [0, 0.05) is 28.8 Å². The topological polar surface area (TPSA) is 102 Å². The smallest absolute Gasteiger partial charge is 0.263 e. The SMILES string of the molecule is Cc1cccc(C)c1-c1cc(Cl)cc(NS(=O)(=O)c2cccc([N+](=O)[O-])c2)n1. The highest BCUT2D eigenvalue weighted by Crippen LogP contribution is 2.30. The van der Waals surface area contributed by atoms with E-state index in [0.29, 0.717) is 10.7 Å². The number of nitrogens with zero attached hydrogens (tertiary/aromatic N) is 2. The van der Waals surface area contributed by atoms with E-state index in [0.717, 1.165) is 22.8 Å². The van der Waals surface area contributed by atoms with Crippen molar-refractivity contribution in [1.82, 2.24) is 4.98 Å². The van der Waals surface area contributed by atoms with Gasteiger partial charge < -0.3 is 0 Å². The molecular weight excluding hydrogens is 402 g/mol. The molecule has 1 aromatic heterocycles. The van der Waals surface area contributed by atoms with Gasteiger partial charge in [0.15, 0.2) is 0 Å². The van der Waals surface area contributed by atoms with Crippen LogP contribution in [0.25, 0.3) is 11.3 Å². The van der Waals surface area contributed by atoms with Gasteiger partial charge in [0.2, 0.25) is 0 Å². The molecule has 7 nitrogen and oxygen atoms in total. The Morgan fingerprint density at radius 1 is 1.04 bits per heavy atom. The molecule has 0 aliphatic carbocycles. The van der Waals surface area contributed by atoms with Crippen LogP contribution in [0.2, 0.25) is 5.02 Å². The largest absolute Gasteiger partial charge is 0.270 e. The third-order valence-corrected chi connectivity index (χ3v) is 5.68. The number of nitro groups is 1. The second kappa shape index (κ2) is 7.57. The number of halogens is 1. The average Bonchev–Trinajstić information content (AvgIpc) is 2.61. The number of non-ortho nitro benzene ring substituents is 1. The molecule has 144 valence electrons. The monoisotopic (exact) mass is 417 g/mol. The lowest BCUT2D eigenvalue weighted by molar-refractivity contribution is -0.385. The predicted molar refractivity (Wildman–Crippen MR) is 108 cm³/mol. The minimum absolute atomic E-state index is 0.0247. The summed E-state index contributed by atoms with van der Waals surface area (Å²) in [7, 11) is -4.08. The van der Waals surface area contributed by atoms with E-state index in [9.17, 15) is 18.5 Å². The Bertz CT molecular complexity index is 1160. The number of sulfonamides is 1. The third-order valence-electron chi connectivity index (χ3n) is 4.11. The number of benzene rings is 2. The molecule has 0 amide bonds. The number of nitro benzene ring substituents is 1. The molecule has 1 heterocycles. The number of anilines is 1. The van der Waals surface area contributed by atoms with E-state index < -0.39 is 14.9 Å². The fourth-order valence-corrected chi connectivity index (χ4v) is 4.09. The van der Waals surface area contributed by atoms with Crippen molar-refractivity contribution in [2.24, 2.45) is 0 Å².